The summed E-state index contributed by atoms with van der Waals surface area (Å²) in [6, 6.07) is 18.7. The monoisotopic (exact) mass is 435 g/mol. The summed E-state index contributed by atoms with van der Waals surface area (Å²) in [5, 5.41) is 11.1. The van der Waals surface area contributed by atoms with E-state index < -0.39 is 11.8 Å². The third kappa shape index (κ3) is 5.91. The molecule has 7 nitrogen and oxygen atoms in total. The predicted molar refractivity (Wildman–Crippen MR) is 123 cm³/mol. The van der Waals surface area contributed by atoms with Crippen LogP contribution in [0.4, 0.5) is 0 Å². The molecule has 0 unspecified atom stereocenters. The first-order chi connectivity index (χ1) is 15.5. The van der Waals surface area contributed by atoms with Gasteiger partial charge >= 0.3 is 0 Å². The maximum Gasteiger partial charge on any atom is 0.274 e. The van der Waals surface area contributed by atoms with Crippen molar-refractivity contribution in [2.24, 2.45) is 0 Å². The Labute approximate surface area is 187 Å². The number of fused-ring (bicyclic) bond motifs is 1. The first-order valence-corrected chi connectivity index (χ1v) is 10.7. The maximum atomic E-state index is 12.2. The van der Waals surface area contributed by atoms with E-state index in [-0.39, 0.29) is 5.56 Å². The number of nitrogens with zero attached hydrogens (tertiary/aromatic N) is 1. The SMILES string of the molecule is CCN(CC)Cc1cc(CCONC(=O)c2ccc(C(=O)NO)cc2)cc2ccccc12. The molecule has 0 aliphatic rings. The summed E-state index contributed by atoms with van der Waals surface area (Å²) < 4.78 is 0. The molecule has 168 valence electrons. The zero-order chi connectivity index (χ0) is 22.9. The molecular weight excluding hydrogens is 406 g/mol. The van der Waals surface area contributed by atoms with Crippen molar-refractivity contribution in [2.75, 3.05) is 19.7 Å². The van der Waals surface area contributed by atoms with Crippen molar-refractivity contribution >= 4 is 22.6 Å². The molecule has 2 amide bonds. The van der Waals surface area contributed by atoms with E-state index in [1.807, 2.05) is 6.07 Å². The second-order valence-electron chi connectivity index (χ2n) is 7.49. The molecule has 3 aromatic carbocycles. The van der Waals surface area contributed by atoms with Gasteiger partial charge in [-0.1, -0.05) is 50.2 Å². The third-order valence-electron chi connectivity index (χ3n) is 5.46. The lowest BCUT2D eigenvalue weighted by atomic mass is 9.99. The Morgan fingerprint density at radius 2 is 1.59 bits per heavy atom. The second-order valence-corrected chi connectivity index (χ2v) is 7.49. The van der Waals surface area contributed by atoms with Crippen LogP contribution in [0.3, 0.4) is 0 Å². The standard InChI is InChI=1S/C25H29N3O4/c1-3-28(4-2)17-22-16-18(15-21-7-5-6-8-23(21)22)13-14-32-27-25(30)20-11-9-19(10-12-20)24(29)26-31/h5-12,15-16,31H,3-4,13-14,17H2,1-2H3,(H,26,29)(H,27,30). The summed E-state index contributed by atoms with van der Waals surface area (Å²) in [5.74, 6) is -1.04. The van der Waals surface area contributed by atoms with Crippen LogP contribution in [0.2, 0.25) is 0 Å². The van der Waals surface area contributed by atoms with Crippen molar-refractivity contribution in [1.29, 1.82) is 0 Å². The summed E-state index contributed by atoms with van der Waals surface area (Å²) in [4.78, 5) is 31.4. The highest BCUT2D eigenvalue weighted by molar-refractivity contribution is 5.97. The second kappa shape index (κ2) is 11.4. The maximum absolute atomic E-state index is 12.2. The van der Waals surface area contributed by atoms with E-state index in [2.05, 4.69) is 54.6 Å². The van der Waals surface area contributed by atoms with Gasteiger partial charge in [-0.2, -0.15) is 0 Å². The summed E-state index contributed by atoms with van der Waals surface area (Å²) in [6.07, 6.45) is 0.659. The van der Waals surface area contributed by atoms with Crippen molar-refractivity contribution in [3.05, 3.63) is 82.9 Å². The Morgan fingerprint density at radius 1 is 0.938 bits per heavy atom. The molecule has 0 bridgehead atoms. The van der Waals surface area contributed by atoms with E-state index in [1.54, 1.807) is 5.48 Å². The summed E-state index contributed by atoms with van der Waals surface area (Å²) in [6.45, 7) is 7.55. The lowest BCUT2D eigenvalue weighted by Crippen LogP contribution is -2.25. The topological polar surface area (TPSA) is 90.9 Å². The lowest BCUT2D eigenvalue weighted by molar-refractivity contribution is 0.0324. The molecule has 0 radical (unpaired) electrons. The number of nitrogens with one attached hydrogen (secondary N) is 2. The fraction of sp³-hybridized carbons (Fsp3) is 0.280. The van der Waals surface area contributed by atoms with Crippen molar-refractivity contribution in [2.45, 2.75) is 26.8 Å². The van der Waals surface area contributed by atoms with Crippen LogP contribution in [0.15, 0.2) is 60.7 Å². The fourth-order valence-corrected chi connectivity index (χ4v) is 3.60. The fourth-order valence-electron chi connectivity index (χ4n) is 3.60. The molecule has 7 heteroatoms. The number of carbonyl (C=O) groups is 2. The highest BCUT2D eigenvalue weighted by Crippen LogP contribution is 2.23. The molecule has 0 heterocycles. The molecule has 3 rings (SSSR count). The number of hydrogen-bond donors (Lipinski definition) is 3. The Hall–Kier alpha value is -3.26. The molecule has 0 fully saturated rings. The van der Waals surface area contributed by atoms with E-state index in [1.165, 1.54) is 40.6 Å². The van der Waals surface area contributed by atoms with Gasteiger partial charge in [0.25, 0.3) is 11.8 Å². The zero-order valence-electron chi connectivity index (χ0n) is 18.4. The smallest absolute Gasteiger partial charge is 0.274 e. The number of amides is 2. The van der Waals surface area contributed by atoms with Gasteiger partial charge in [0, 0.05) is 17.7 Å². The first kappa shape index (κ1) is 23.4. The molecule has 0 saturated carbocycles. The molecule has 0 saturated heterocycles. The number of rotatable bonds is 10. The van der Waals surface area contributed by atoms with Gasteiger partial charge in [0.2, 0.25) is 0 Å². The van der Waals surface area contributed by atoms with Gasteiger partial charge in [-0.15, -0.1) is 0 Å². The minimum Gasteiger partial charge on any atom is -0.300 e. The molecule has 3 N–H and O–H groups in total. The zero-order valence-corrected chi connectivity index (χ0v) is 18.4. The van der Waals surface area contributed by atoms with E-state index in [0.29, 0.717) is 18.6 Å². The van der Waals surface area contributed by atoms with Gasteiger partial charge in [-0.05, 0) is 65.7 Å². The number of benzene rings is 3. The van der Waals surface area contributed by atoms with Gasteiger partial charge in [0.15, 0.2) is 0 Å². The number of hydroxylamine groups is 2. The number of hydrogen-bond acceptors (Lipinski definition) is 5. The van der Waals surface area contributed by atoms with Crippen LogP contribution in [0.1, 0.15) is 45.7 Å². The Bertz CT molecular complexity index is 1060. The van der Waals surface area contributed by atoms with E-state index in [9.17, 15) is 9.59 Å². The molecule has 32 heavy (non-hydrogen) atoms. The van der Waals surface area contributed by atoms with Crippen LogP contribution < -0.4 is 11.0 Å². The van der Waals surface area contributed by atoms with E-state index >= 15 is 0 Å². The highest BCUT2D eigenvalue weighted by Gasteiger charge is 2.10. The van der Waals surface area contributed by atoms with Crippen molar-refractivity contribution in [3.8, 4) is 0 Å². The molecule has 3 aromatic rings. The Morgan fingerprint density at radius 3 is 2.25 bits per heavy atom. The van der Waals surface area contributed by atoms with Gasteiger partial charge < -0.3 is 0 Å². The first-order valence-electron chi connectivity index (χ1n) is 10.7. The molecule has 0 aliphatic carbocycles. The van der Waals surface area contributed by atoms with Gasteiger partial charge in [-0.25, -0.2) is 11.0 Å². The van der Waals surface area contributed by atoms with E-state index in [4.69, 9.17) is 10.0 Å². The molecule has 0 aromatic heterocycles. The highest BCUT2D eigenvalue weighted by atomic mass is 16.6. The predicted octanol–water partition coefficient (Wildman–Crippen LogP) is 3.70. The van der Waals surface area contributed by atoms with Crippen LogP contribution in [0, 0.1) is 0 Å². The molecule has 0 aliphatic heterocycles. The Kier molecular flexibility index (Phi) is 8.33. The molecule has 0 spiro atoms. The summed E-state index contributed by atoms with van der Waals surface area (Å²) in [7, 11) is 0. The van der Waals surface area contributed by atoms with Gasteiger partial charge in [-0.3, -0.25) is 24.5 Å². The van der Waals surface area contributed by atoms with Crippen molar-refractivity contribution in [1.82, 2.24) is 15.9 Å². The van der Waals surface area contributed by atoms with E-state index in [0.717, 1.165) is 25.2 Å². The third-order valence-corrected chi connectivity index (χ3v) is 5.46. The minimum atomic E-state index is -0.635. The van der Waals surface area contributed by atoms with Crippen LogP contribution >= 0.6 is 0 Å². The van der Waals surface area contributed by atoms with Crippen LogP contribution in [0.5, 0.6) is 0 Å². The average molecular weight is 436 g/mol. The number of carbonyl (C=O) groups excluding carboxylic acids is 2. The quantitative estimate of drug-likeness (QED) is 0.257. The summed E-state index contributed by atoms with van der Waals surface area (Å²) in [5.41, 5.74) is 7.04. The molecular formula is C25H29N3O4. The lowest BCUT2D eigenvalue weighted by Gasteiger charge is -2.20. The largest absolute Gasteiger partial charge is 0.300 e. The molecule has 0 atom stereocenters. The van der Waals surface area contributed by atoms with Crippen LogP contribution in [-0.4, -0.2) is 41.6 Å². The Balaban J connectivity index is 1.60. The van der Waals surface area contributed by atoms with Crippen molar-refractivity contribution < 1.29 is 19.6 Å². The minimum absolute atomic E-state index is 0.252. The van der Waals surface area contributed by atoms with Crippen LogP contribution in [-0.2, 0) is 17.8 Å². The van der Waals surface area contributed by atoms with Crippen molar-refractivity contribution in [3.63, 3.8) is 0 Å². The van der Waals surface area contributed by atoms with Gasteiger partial charge in [0.05, 0.1) is 6.61 Å². The van der Waals surface area contributed by atoms with Crippen LogP contribution in [0.25, 0.3) is 10.8 Å². The average Bonchev–Trinajstić information content (AvgIpc) is 2.84. The normalized spacial score (nSPS) is 11.0. The summed E-state index contributed by atoms with van der Waals surface area (Å²) >= 11 is 0. The van der Waals surface area contributed by atoms with Gasteiger partial charge in [0.1, 0.15) is 0 Å².